The van der Waals surface area contributed by atoms with Crippen LogP contribution >= 0.6 is 0 Å². The zero-order valence-electron chi connectivity index (χ0n) is 13.5. The molecule has 22 heavy (non-hydrogen) atoms. The molecule has 1 rings (SSSR count). The SMILES string of the molecule is CCC(C)(N)CCOCc1ccc([N+](=O)[O-])c(OC)c1OC. The van der Waals surface area contributed by atoms with Crippen molar-refractivity contribution in [3.8, 4) is 11.5 Å². The van der Waals surface area contributed by atoms with E-state index in [-0.39, 0.29) is 23.6 Å². The molecule has 7 nitrogen and oxygen atoms in total. The summed E-state index contributed by atoms with van der Waals surface area (Å²) < 4.78 is 16.0. The Kier molecular flexibility index (Phi) is 6.58. The van der Waals surface area contributed by atoms with E-state index in [1.54, 1.807) is 6.07 Å². The number of nitro benzene ring substituents is 1. The third-order valence-electron chi connectivity index (χ3n) is 3.66. The zero-order valence-corrected chi connectivity index (χ0v) is 13.5. The minimum absolute atomic E-state index is 0.103. The van der Waals surface area contributed by atoms with E-state index in [0.29, 0.717) is 17.9 Å². The number of nitrogens with two attached hydrogens (primary N) is 1. The molecule has 0 radical (unpaired) electrons. The molecule has 1 aromatic rings. The van der Waals surface area contributed by atoms with E-state index in [4.69, 9.17) is 19.9 Å². The quantitative estimate of drug-likeness (QED) is 0.428. The van der Waals surface area contributed by atoms with E-state index in [1.165, 1.54) is 20.3 Å². The number of nitrogens with zero attached hydrogens (tertiary/aromatic N) is 1. The number of ether oxygens (including phenoxy) is 3. The fourth-order valence-corrected chi connectivity index (χ4v) is 1.94. The summed E-state index contributed by atoms with van der Waals surface area (Å²) >= 11 is 0. The van der Waals surface area contributed by atoms with Crippen LogP contribution in [0.3, 0.4) is 0 Å². The van der Waals surface area contributed by atoms with Crippen molar-refractivity contribution in [3.63, 3.8) is 0 Å². The zero-order chi connectivity index (χ0) is 16.8. The van der Waals surface area contributed by atoms with Gasteiger partial charge < -0.3 is 19.9 Å². The predicted molar refractivity (Wildman–Crippen MR) is 83.4 cm³/mol. The fourth-order valence-electron chi connectivity index (χ4n) is 1.94. The number of benzene rings is 1. The lowest BCUT2D eigenvalue weighted by atomic mass is 9.97. The molecular formula is C15H24N2O5. The standard InChI is InChI=1S/C15H24N2O5/c1-5-15(2,16)8-9-22-10-11-6-7-12(17(18)19)14(21-4)13(11)20-3/h6-7H,5,8-10,16H2,1-4H3. The maximum atomic E-state index is 11.0. The molecule has 0 fully saturated rings. The smallest absolute Gasteiger partial charge is 0.314 e. The minimum Gasteiger partial charge on any atom is -0.492 e. The van der Waals surface area contributed by atoms with Crippen LogP contribution in [0.5, 0.6) is 11.5 Å². The molecule has 0 aromatic heterocycles. The molecule has 2 N–H and O–H groups in total. The van der Waals surface area contributed by atoms with Crippen LogP contribution < -0.4 is 15.2 Å². The molecule has 0 bridgehead atoms. The molecule has 7 heteroatoms. The van der Waals surface area contributed by atoms with Crippen LogP contribution in [0.15, 0.2) is 12.1 Å². The van der Waals surface area contributed by atoms with E-state index in [9.17, 15) is 10.1 Å². The Morgan fingerprint density at radius 3 is 2.41 bits per heavy atom. The van der Waals surface area contributed by atoms with Crippen molar-refractivity contribution in [2.24, 2.45) is 5.73 Å². The molecule has 1 unspecified atom stereocenters. The van der Waals surface area contributed by atoms with Crippen LogP contribution in [0.25, 0.3) is 0 Å². The summed E-state index contributed by atoms with van der Waals surface area (Å²) in [5.41, 5.74) is 6.36. The third kappa shape index (κ3) is 4.57. The number of hydrogen-bond donors (Lipinski definition) is 1. The second-order valence-electron chi connectivity index (χ2n) is 5.38. The van der Waals surface area contributed by atoms with Gasteiger partial charge >= 0.3 is 5.69 Å². The van der Waals surface area contributed by atoms with Crippen LogP contribution in [0.1, 0.15) is 32.3 Å². The molecular weight excluding hydrogens is 288 g/mol. The van der Waals surface area contributed by atoms with Gasteiger partial charge in [-0.25, -0.2) is 0 Å². The monoisotopic (exact) mass is 312 g/mol. The summed E-state index contributed by atoms with van der Waals surface area (Å²) in [7, 11) is 2.82. The normalized spacial score (nSPS) is 13.5. The Morgan fingerprint density at radius 2 is 1.91 bits per heavy atom. The highest BCUT2D eigenvalue weighted by Gasteiger charge is 2.23. The van der Waals surface area contributed by atoms with Crippen LogP contribution in [0.2, 0.25) is 0 Å². The number of rotatable bonds is 9. The Bertz CT molecular complexity index is 517. The third-order valence-corrected chi connectivity index (χ3v) is 3.66. The highest BCUT2D eigenvalue weighted by atomic mass is 16.6. The van der Waals surface area contributed by atoms with Crippen molar-refractivity contribution in [2.45, 2.75) is 38.8 Å². The Hall–Kier alpha value is -1.86. The van der Waals surface area contributed by atoms with Gasteiger partial charge in [0.15, 0.2) is 5.75 Å². The van der Waals surface area contributed by atoms with Gasteiger partial charge in [-0.1, -0.05) is 6.92 Å². The first-order chi connectivity index (χ1) is 10.4. The van der Waals surface area contributed by atoms with Gasteiger partial charge in [0.05, 0.1) is 25.7 Å². The molecule has 0 spiro atoms. The average molecular weight is 312 g/mol. The molecule has 0 aliphatic carbocycles. The lowest BCUT2D eigenvalue weighted by molar-refractivity contribution is -0.385. The van der Waals surface area contributed by atoms with Gasteiger partial charge in [-0.2, -0.15) is 0 Å². The molecule has 0 saturated carbocycles. The Morgan fingerprint density at radius 1 is 1.27 bits per heavy atom. The summed E-state index contributed by atoms with van der Waals surface area (Å²) in [6.45, 7) is 4.79. The minimum atomic E-state index is -0.507. The van der Waals surface area contributed by atoms with Crippen molar-refractivity contribution < 1.29 is 19.1 Å². The molecule has 1 aromatic carbocycles. The number of nitro groups is 1. The van der Waals surface area contributed by atoms with Crippen LogP contribution in [-0.4, -0.2) is 31.3 Å². The van der Waals surface area contributed by atoms with Gasteiger partial charge in [-0.15, -0.1) is 0 Å². The molecule has 0 saturated heterocycles. The summed E-state index contributed by atoms with van der Waals surface area (Å²) in [5.74, 6) is 0.425. The predicted octanol–water partition coefficient (Wildman–Crippen LogP) is 2.65. The second kappa shape index (κ2) is 7.95. The Balaban J connectivity index is 2.81. The fraction of sp³-hybridized carbons (Fsp3) is 0.600. The van der Waals surface area contributed by atoms with Gasteiger partial charge in [0.2, 0.25) is 5.75 Å². The highest BCUT2D eigenvalue weighted by molar-refractivity contribution is 5.59. The Labute approximate surface area is 130 Å². The van der Waals surface area contributed by atoms with E-state index in [1.807, 2.05) is 13.8 Å². The molecule has 0 heterocycles. The topological polar surface area (TPSA) is 96.9 Å². The van der Waals surface area contributed by atoms with Crippen molar-refractivity contribution in [2.75, 3.05) is 20.8 Å². The molecule has 0 amide bonds. The van der Waals surface area contributed by atoms with Crippen molar-refractivity contribution in [1.82, 2.24) is 0 Å². The van der Waals surface area contributed by atoms with Crippen LogP contribution in [-0.2, 0) is 11.3 Å². The lowest BCUT2D eigenvalue weighted by Gasteiger charge is -2.22. The maximum absolute atomic E-state index is 11.0. The van der Waals surface area contributed by atoms with Crippen LogP contribution in [0.4, 0.5) is 5.69 Å². The van der Waals surface area contributed by atoms with Crippen molar-refractivity contribution >= 4 is 5.69 Å². The van der Waals surface area contributed by atoms with E-state index >= 15 is 0 Å². The average Bonchev–Trinajstić information content (AvgIpc) is 2.50. The lowest BCUT2D eigenvalue weighted by Crippen LogP contribution is -2.36. The summed E-state index contributed by atoms with van der Waals surface area (Å²) in [5, 5.41) is 11.0. The van der Waals surface area contributed by atoms with Gasteiger partial charge in [-0.05, 0) is 25.8 Å². The largest absolute Gasteiger partial charge is 0.492 e. The molecule has 0 aliphatic heterocycles. The summed E-state index contributed by atoms with van der Waals surface area (Å²) in [4.78, 5) is 10.5. The number of hydrogen-bond acceptors (Lipinski definition) is 6. The maximum Gasteiger partial charge on any atom is 0.314 e. The first-order valence-corrected chi connectivity index (χ1v) is 7.11. The van der Waals surface area contributed by atoms with Gasteiger partial charge in [-0.3, -0.25) is 10.1 Å². The van der Waals surface area contributed by atoms with Gasteiger partial charge in [0.25, 0.3) is 0 Å². The van der Waals surface area contributed by atoms with Gasteiger partial charge in [0, 0.05) is 23.8 Å². The van der Waals surface area contributed by atoms with Gasteiger partial charge in [0.1, 0.15) is 0 Å². The first-order valence-electron chi connectivity index (χ1n) is 7.11. The van der Waals surface area contributed by atoms with Crippen molar-refractivity contribution in [3.05, 3.63) is 27.8 Å². The molecule has 1 atom stereocenters. The van der Waals surface area contributed by atoms with E-state index in [2.05, 4.69) is 0 Å². The van der Waals surface area contributed by atoms with E-state index in [0.717, 1.165) is 12.8 Å². The molecule has 124 valence electrons. The van der Waals surface area contributed by atoms with Crippen LogP contribution in [0, 0.1) is 10.1 Å². The van der Waals surface area contributed by atoms with Crippen molar-refractivity contribution in [1.29, 1.82) is 0 Å². The molecule has 0 aliphatic rings. The summed E-state index contributed by atoms with van der Waals surface area (Å²) in [6.07, 6.45) is 1.60. The number of methoxy groups -OCH3 is 2. The van der Waals surface area contributed by atoms with E-state index < -0.39 is 4.92 Å². The highest BCUT2D eigenvalue weighted by Crippen LogP contribution is 2.39. The second-order valence-corrected chi connectivity index (χ2v) is 5.38. The first kappa shape index (κ1) is 18.2. The summed E-state index contributed by atoms with van der Waals surface area (Å²) in [6, 6.07) is 3.00.